The Kier molecular flexibility index (Phi) is 16.3. The van der Waals surface area contributed by atoms with Crippen LogP contribution in [0.15, 0.2) is 77.7 Å². The maximum Gasteiger partial charge on any atom is 0.349 e. The molecule has 0 saturated carbocycles. The van der Waals surface area contributed by atoms with Crippen LogP contribution in [0.1, 0.15) is 57.0 Å². The number of methoxy groups -OCH3 is 1. The summed E-state index contributed by atoms with van der Waals surface area (Å²) in [5, 5.41) is 5.28. The normalized spacial score (nSPS) is 19.3. The summed E-state index contributed by atoms with van der Waals surface area (Å²) in [7, 11) is 1.11. The molecule has 1 heterocycles. The van der Waals surface area contributed by atoms with Crippen molar-refractivity contribution < 1.29 is 71.5 Å². The molecule has 0 aromatic heterocycles. The molecule has 2 amide bonds. The van der Waals surface area contributed by atoms with Crippen LogP contribution in [-0.4, -0.2) is 103 Å². The van der Waals surface area contributed by atoms with Crippen LogP contribution in [0.25, 0.3) is 11.1 Å². The minimum absolute atomic E-state index is 0.194. The van der Waals surface area contributed by atoms with E-state index < -0.39 is 103 Å². The van der Waals surface area contributed by atoms with Crippen molar-refractivity contribution in [1.29, 1.82) is 0 Å². The molecular formula is C42H46N2O15S. The minimum Gasteiger partial charge on any atom is -0.466 e. The first-order valence-electron chi connectivity index (χ1n) is 18.5. The van der Waals surface area contributed by atoms with E-state index in [0.717, 1.165) is 63.3 Å². The minimum atomic E-state index is -2.04. The molecule has 0 spiro atoms. The maximum absolute atomic E-state index is 13.9. The van der Waals surface area contributed by atoms with Gasteiger partial charge in [-0.3, -0.25) is 33.6 Å². The Morgan fingerprint density at radius 3 is 1.90 bits per heavy atom. The second-order valence-electron chi connectivity index (χ2n) is 13.6. The van der Waals surface area contributed by atoms with Crippen LogP contribution in [0.3, 0.4) is 0 Å². The third-order valence-electron chi connectivity index (χ3n) is 8.77. The van der Waals surface area contributed by atoms with Gasteiger partial charge in [-0.15, -0.1) is 0 Å². The van der Waals surface area contributed by atoms with Gasteiger partial charge in [-0.1, -0.05) is 53.7 Å². The fourth-order valence-electron chi connectivity index (χ4n) is 6.28. The van der Waals surface area contributed by atoms with Gasteiger partial charge in [-0.2, -0.15) is 0 Å². The number of rotatable bonds is 16. The molecule has 0 unspecified atom stereocenters. The molecule has 17 nitrogen and oxygen atoms in total. The fourth-order valence-corrected chi connectivity index (χ4v) is 7.51. The number of benzene rings is 3. The first-order valence-corrected chi connectivity index (χ1v) is 19.3. The van der Waals surface area contributed by atoms with Gasteiger partial charge in [0.15, 0.2) is 18.8 Å². The number of amides is 2. The smallest absolute Gasteiger partial charge is 0.349 e. The quantitative estimate of drug-likeness (QED) is 0.119. The molecular weight excluding hydrogens is 805 g/mol. The predicted octanol–water partition coefficient (Wildman–Crippen LogP) is 3.61. The van der Waals surface area contributed by atoms with Gasteiger partial charge < -0.3 is 43.8 Å². The standard InChI is InChI=1S/C42H46N2O15S/c1-23-8-18-33(19-9-23)60-42(41(52)53-7)20-34(56-26(4)47)37(44-36(50)22-54-24(2)45)39(59-42)38(58-28(6)49)35(57-27(5)48)21-43-40(51)31-12-10-29(11-13-31)30-14-16-32(17-15-30)55-25(3)46/h8-19,34-35,37-39H,20-22H2,1-7H3,(H,43,51)(H,44,50)/t34-,35+,37+,38+,39+,42-/m0/s1. The van der Waals surface area contributed by atoms with Gasteiger partial charge in [-0.05, 0) is 54.4 Å². The number of nitrogens with one attached hydrogen (secondary N) is 2. The average Bonchev–Trinajstić information content (AvgIpc) is 3.19. The van der Waals surface area contributed by atoms with E-state index in [4.69, 9.17) is 33.2 Å². The number of hydrogen-bond acceptors (Lipinski definition) is 16. The van der Waals surface area contributed by atoms with E-state index in [9.17, 15) is 38.4 Å². The number of hydrogen-bond donors (Lipinski definition) is 2. The number of aryl methyl sites for hydroxylation is 1. The average molecular weight is 851 g/mol. The third kappa shape index (κ3) is 13.1. The summed E-state index contributed by atoms with van der Waals surface area (Å²) in [5.41, 5.74) is 2.62. The number of carbonyl (C=O) groups is 8. The Morgan fingerprint density at radius 2 is 1.37 bits per heavy atom. The van der Waals surface area contributed by atoms with E-state index in [-0.39, 0.29) is 5.56 Å². The third-order valence-corrected chi connectivity index (χ3v) is 10.0. The summed E-state index contributed by atoms with van der Waals surface area (Å²) in [6.45, 7) is 6.20. The molecule has 60 heavy (non-hydrogen) atoms. The Bertz CT molecular complexity index is 2060. The van der Waals surface area contributed by atoms with Crippen molar-refractivity contribution in [2.24, 2.45) is 0 Å². The zero-order valence-corrected chi connectivity index (χ0v) is 34.8. The van der Waals surface area contributed by atoms with Crippen molar-refractivity contribution in [2.45, 2.75) is 88.2 Å². The summed E-state index contributed by atoms with van der Waals surface area (Å²) in [5.74, 6) is -5.93. The number of carbonyl (C=O) groups excluding carboxylic acids is 8. The molecule has 4 rings (SSSR count). The lowest BCUT2D eigenvalue weighted by Gasteiger charge is -2.48. The highest BCUT2D eigenvalue weighted by atomic mass is 32.2. The maximum atomic E-state index is 13.9. The summed E-state index contributed by atoms with van der Waals surface area (Å²) < 4.78 is 38.8. The van der Waals surface area contributed by atoms with Crippen molar-refractivity contribution in [3.05, 3.63) is 83.9 Å². The van der Waals surface area contributed by atoms with Crippen LogP contribution in [-0.2, 0) is 62.0 Å². The monoisotopic (exact) mass is 850 g/mol. The molecule has 1 fully saturated rings. The Labute approximate surface area is 350 Å². The van der Waals surface area contributed by atoms with Gasteiger partial charge in [0, 0.05) is 51.5 Å². The lowest BCUT2D eigenvalue weighted by molar-refractivity contribution is -0.220. The second kappa shape index (κ2) is 21.1. The number of thioether (sulfide) groups is 1. The highest BCUT2D eigenvalue weighted by molar-refractivity contribution is 8.01. The van der Waals surface area contributed by atoms with Crippen LogP contribution in [0.4, 0.5) is 0 Å². The van der Waals surface area contributed by atoms with Gasteiger partial charge in [-0.25, -0.2) is 4.79 Å². The molecule has 0 aliphatic carbocycles. The zero-order valence-electron chi connectivity index (χ0n) is 34.0. The fraction of sp³-hybridized carbons (Fsp3) is 0.381. The summed E-state index contributed by atoms with van der Waals surface area (Å²) in [6, 6.07) is 18.8. The lowest BCUT2D eigenvalue weighted by Crippen LogP contribution is -2.68. The second-order valence-corrected chi connectivity index (χ2v) is 14.9. The molecule has 6 atom stereocenters. The van der Waals surface area contributed by atoms with Gasteiger partial charge in [0.05, 0.1) is 19.7 Å². The van der Waals surface area contributed by atoms with Crippen LogP contribution in [0, 0.1) is 6.92 Å². The topological polar surface area (TPSA) is 225 Å². The highest BCUT2D eigenvalue weighted by Crippen LogP contribution is 2.46. The summed E-state index contributed by atoms with van der Waals surface area (Å²) in [6.07, 6.45) is -6.77. The molecule has 0 bridgehead atoms. The zero-order chi connectivity index (χ0) is 44.1. The van der Waals surface area contributed by atoms with Crippen molar-refractivity contribution in [2.75, 3.05) is 20.3 Å². The van der Waals surface area contributed by atoms with Crippen molar-refractivity contribution >= 4 is 59.4 Å². The van der Waals surface area contributed by atoms with Gasteiger partial charge >= 0.3 is 35.8 Å². The van der Waals surface area contributed by atoms with Gasteiger partial charge in [0.1, 0.15) is 18.0 Å². The van der Waals surface area contributed by atoms with Crippen LogP contribution < -0.4 is 15.4 Å². The van der Waals surface area contributed by atoms with E-state index in [1.54, 1.807) is 72.8 Å². The van der Waals surface area contributed by atoms with E-state index in [1.807, 2.05) is 6.92 Å². The molecule has 1 aliphatic rings. The summed E-state index contributed by atoms with van der Waals surface area (Å²) in [4.78, 5) is 100. The molecule has 1 aliphatic heterocycles. The highest BCUT2D eigenvalue weighted by Gasteiger charge is 2.59. The van der Waals surface area contributed by atoms with E-state index in [2.05, 4.69) is 10.6 Å². The molecule has 0 radical (unpaired) electrons. The first-order chi connectivity index (χ1) is 28.4. The van der Waals surface area contributed by atoms with E-state index >= 15 is 0 Å². The van der Waals surface area contributed by atoms with E-state index in [1.165, 1.54) is 6.92 Å². The molecule has 1 saturated heterocycles. The number of ether oxygens (including phenoxy) is 7. The van der Waals surface area contributed by atoms with Crippen LogP contribution in [0.2, 0.25) is 0 Å². The van der Waals surface area contributed by atoms with Crippen molar-refractivity contribution in [3.63, 3.8) is 0 Å². The predicted molar refractivity (Wildman–Crippen MR) is 212 cm³/mol. The molecule has 3 aromatic carbocycles. The molecule has 3 aromatic rings. The Hall–Kier alpha value is -6.27. The molecule has 18 heteroatoms. The van der Waals surface area contributed by atoms with Crippen molar-refractivity contribution in [3.8, 4) is 16.9 Å². The Morgan fingerprint density at radius 1 is 0.767 bits per heavy atom. The molecule has 2 N–H and O–H groups in total. The van der Waals surface area contributed by atoms with Crippen molar-refractivity contribution in [1.82, 2.24) is 10.6 Å². The first kappa shape index (κ1) is 46.4. The lowest BCUT2D eigenvalue weighted by atomic mass is 9.89. The summed E-state index contributed by atoms with van der Waals surface area (Å²) >= 11 is 0.895. The van der Waals surface area contributed by atoms with Gasteiger partial charge in [0.2, 0.25) is 4.93 Å². The van der Waals surface area contributed by atoms with Gasteiger partial charge in [0.25, 0.3) is 11.8 Å². The largest absolute Gasteiger partial charge is 0.466 e. The van der Waals surface area contributed by atoms with Crippen LogP contribution in [0.5, 0.6) is 5.75 Å². The number of esters is 6. The molecule has 320 valence electrons. The SMILES string of the molecule is COC(=O)[C@@]1(Sc2ccc(C)cc2)C[C@H](OC(C)=O)[C@@H](NC(=O)COC(C)=O)[C@H]([C@H](OC(C)=O)[C@@H](CNC(=O)c2ccc(-c3ccc(OC(C)=O)cc3)cc2)OC(C)=O)O1. The van der Waals surface area contributed by atoms with Crippen LogP contribution >= 0.6 is 11.8 Å². The Balaban J connectivity index is 1.74. The van der Waals surface area contributed by atoms with E-state index in [0.29, 0.717) is 10.6 Å².